The number of nitrogens with one attached hydrogen (secondary N) is 1. The van der Waals surface area contributed by atoms with Crippen molar-refractivity contribution in [3.63, 3.8) is 0 Å². The van der Waals surface area contributed by atoms with Crippen molar-refractivity contribution in [2.45, 2.75) is 43.7 Å². The highest BCUT2D eigenvalue weighted by Gasteiger charge is 2.49. The summed E-state index contributed by atoms with van der Waals surface area (Å²) >= 11 is 1.32. The molecule has 2 heterocycles. The summed E-state index contributed by atoms with van der Waals surface area (Å²) < 4.78 is 19.4. The molecule has 0 aliphatic carbocycles. The van der Waals surface area contributed by atoms with Crippen LogP contribution in [0, 0.1) is 5.92 Å². The number of ether oxygens (including phenoxy) is 1. The normalized spacial score (nSPS) is 42.1. The molecule has 0 aromatic heterocycles. The van der Waals surface area contributed by atoms with Crippen LogP contribution in [0.1, 0.15) is 13.8 Å². The van der Waals surface area contributed by atoms with Crippen LogP contribution in [0.3, 0.4) is 0 Å². The molecule has 7 heteroatoms. The Morgan fingerprint density at radius 1 is 1.56 bits per heavy atom. The van der Waals surface area contributed by atoms with Crippen LogP contribution in [0.5, 0.6) is 0 Å². The number of halogens is 1. The monoisotopic (exact) mass is 278 g/mol. The fraction of sp³-hybridized carbons (Fsp3) is 0.909. The summed E-state index contributed by atoms with van der Waals surface area (Å²) in [5.41, 5.74) is -0.438. The van der Waals surface area contributed by atoms with Crippen LogP contribution in [0.25, 0.3) is 0 Å². The van der Waals surface area contributed by atoms with Crippen molar-refractivity contribution in [1.29, 1.82) is 0 Å². The van der Waals surface area contributed by atoms with Crippen molar-refractivity contribution in [2.75, 3.05) is 13.2 Å². The zero-order valence-electron chi connectivity index (χ0n) is 10.4. The van der Waals surface area contributed by atoms with Crippen LogP contribution in [-0.2, 0) is 4.74 Å². The minimum absolute atomic E-state index is 0.385. The van der Waals surface area contributed by atoms with Gasteiger partial charge < -0.3 is 20.3 Å². The first-order valence-corrected chi connectivity index (χ1v) is 6.97. The summed E-state index contributed by atoms with van der Waals surface area (Å²) in [5, 5.41) is 22.3. The maximum Gasteiger partial charge on any atom is 0.159 e. The molecule has 2 aliphatic heterocycles. The molecular weight excluding hydrogens is 259 g/mol. The van der Waals surface area contributed by atoms with Crippen LogP contribution in [0.2, 0.25) is 0 Å². The van der Waals surface area contributed by atoms with Crippen molar-refractivity contribution < 1.29 is 19.3 Å². The van der Waals surface area contributed by atoms with Gasteiger partial charge in [0.05, 0.1) is 12.6 Å². The molecule has 2 saturated heterocycles. The molecule has 0 unspecified atom stereocenters. The zero-order valence-corrected chi connectivity index (χ0v) is 11.2. The van der Waals surface area contributed by atoms with E-state index in [4.69, 9.17) is 9.84 Å². The molecule has 3 N–H and O–H groups in total. The summed E-state index contributed by atoms with van der Waals surface area (Å²) in [6, 6.07) is -0.598. The van der Waals surface area contributed by atoms with Gasteiger partial charge in [-0.05, 0) is 5.92 Å². The lowest BCUT2D eigenvalue weighted by Gasteiger charge is -2.36. The van der Waals surface area contributed by atoms with Crippen LogP contribution in [0.4, 0.5) is 4.39 Å². The van der Waals surface area contributed by atoms with E-state index in [0.717, 1.165) is 0 Å². The molecule has 0 amide bonds. The highest BCUT2D eigenvalue weighted by molar-refractivity contribution is 8.14. The summed E-state index contributed by atoms with van der Waals surface area (Å²) in [4.78, 5) is 4.33. The second-order valence-corrected chi connectivity index (χ2v) is 6.08. The number of alkyl halides is 1. The molecule has 0 spiro atoms. The molecule has 5 atom stereocenters. The number of amidine groups is 1. The SMILES string of the molecule is CC(C)CN=C1N[C@@H]2[C@H](F)[C@H](O)[C@@H](CO)O[C@@H]2S1. The number of fused-ring (bicyclic) bond motifs is 1. The summed E-state index contributed by atoms with van der Waals surface area (Å²) in [6.45, 7) is 4.38. The first kappa shape index (κ1) is 14.0. The third-order valence-corrected chi connectivity index (χ3v) is 4.06. The Morgan fingerprint density at radius 3 is 2.89 bits per heavy atom. The van der Waals surface area contributed by atoms with Crippen molar-refractivity contribution in [3.8, 4) is 0 Å². The molecule has 0 aromatic carbocycles. The Morgan fingerprint density at radius 2 is 2.28 bits per heavy atom. The first-order chi connectivity index (χ1) is 8.52. The molecular formula is C11H19FN2O3S. The molecule has 0 radical (unpaired) electrons. The van der Waals surface area contributed by atoms with Crippen molar-refractivity contribution >= 4 is 16.9 Å². The minimum Gasteiger partial charge on any atom is -0.394 e. The molecule has 104 valence electrons. The van der Waals surface area contributed by atoms with E-state index in [1.165, 1.54) is 11.8 Å². The number of hydrogen-bond donors (Lipinski definition) is 3. The smallest absolute Gasteiger partial charge is 0.159 e. The summed E-state index contributed by atoms with van der Waals surface area (Å²) in [6.07, 6.45) is -3.62. The predicted molar refractivity (Wildman–Crippen MR) is 68.3 cm³/mol. The number of nitrogens with zero attached hydrogens (tertiary/aromatic N) is 1. The van der Waals surface area contributed by atoms with Crippen molar-refractivity contribution in [3.05, 3.63) is 0 Å². The highest BCUT2D eigenvalue weighted by Crippen LogP contribution is 2.35. The van der Waals surface area contributed by atoms with E-state index in [2.05, 4.69) is 24.2 Å². The lowest BCUT2D eigenvalue weighted by Crippen LogP contribution is -2.57. The number of hydrogen-bond acceptors (Lipinski definition) is 5. The molecule has 0 saturated carbocycles. The van der Waals surface area contributed by atoms with Gasteiger partial charge in [-0.2, -0.15) is 0 Å². The van der Waals surface area contributed by atoms with Gasteiger partial charge >= 0.3 is 0 Å². The van der Waals surface area contributed by atoms with Gasteiger partial charge in [-0.3, -0.25) is 4.99 Å². The molecule has 2 rings (SSSR count). The van der Waals surface area contributed by atoms with Gasteiger partial charge in [0.2, 0.25) is 0 Å². The maximum atomic E-state index is 14.0. The van der Waals surface area contributed by atoms with Gasteiger partial charge in [-0.15, -0.1) is 0 Å². The topological polar surface area (TPSA) is 74.1 Å². The van der Waals surface area contributed by atoms with E-state index in [1.54, 1.807) is 0 Å². The lowest BCUT2D eigenvalue weighted by molar-refractivity contribution is -0.147. The average molecular weight is 278 g/mol. The molecule has 5 nitrogen and oxygen atoms in total. The summed E-state index contributed by atoms with van der Waals surface area (Å²) in [5.74, 6) is 0.431. The van der Waals surface area contributed by atoms with Crippen molar-refractivity contribution in [2.24, 2.45) is 10.9 Å². The average Bonchev–Trinajstić information content (AvgIpc) is 2.74. The quantitative estimate of drug-likeness (QED) is 0.684. The Kier molecular flexibility index (Phi) is 4.47. The van der Waals surface area contributed by atoms with Gasteiger partial charge in [0.15, 0.2) is 11.3 Å². The van der Waals surface area contributed by atoms with E-state index in [1.807, 2.05) is 0 Å². The van der Waals surface area contributed by atoms with E-state index >= 15 is 0 Å². The van der Waals surface area contributed by atoms with Crippen LogP contribution in [0.15, 0.2) is 4.99 Å². The third-order valence-electron chi connectivity index (χ3n) is 2.95. The highest BCUT2D eigenvalue weighted by atomic mass is 32.2. The van der Waals surface area contributed by atoms with E-state index in [9.17, 15) is 9.50 Å². The Labute approximate surface area is 110 Å². The minimum atomic E-state index is -1.46. The van der Waals surface area contributed by atoms with Crippen LogP contribution in [-0.4, -0.2) is 58.4 Å². The van der Waals surface area contributed by atoms with E-state index in [-0.39, 0.29) is 6.61 Å². The fourth-order valence-electron chi connectivity index (χ4n) is 1.94. The van der Waals surface area contributed by atoms with Crippen LogP contribution >= 0.6 is 11.8 Å². The van der Waals surface area contributed by atoms with Gasteiger partial charge in [-0.1, -0.05) is 25.6 Å². The van der Waals surface area contributed by atoms with Gasteiger partial charge in [0.25, 0.3) is 0 Å². The first-order valence-electron chi connectivity index (χ1n) is 6.09. The number of aliphatic hydroxyl groups is 2. The van der Waals surface area contributed by atoms with Crippen LogP contribution < -0.4 is 5.32 Å². The van der Waals surface area contributed by atoms with Gasteiger partial charge in [0, 0.05) is 6.54 Å². The maximum absolute atomic E-state index is 14.0. The standard InChI is InChI=1S/C11H19FN2O3S/c1-5(2)3-13-11-14-8-7(12)9(16)6(4-15)17-10(8)18-11/h5-10,15-16H,3-4H2,1-2H3,(H,13,14)/t6-,7+,8-,9-,10-/m1/s1. The number of rotatable bonds is 3. The Balaban J connectivity index is 2.03. The van der Waals surface area contributed by atoms with Gasteiger partial charge in [0.1, 0.15) is 17.6 Å². The second kappa shape index (κ2) is 5.73. The molecule has 0 aromatic rings. The summed E-state index contributed by atoms with van der Waals surface area (Å²) in [7, 11) is 0. The van der Waals surface area contributed by atoms with E-state index in [0.29, 0.717) is 17.6 Å². The zero-order chi connectivity index (χ0) is 13.3. The molecule has 2 aliphatic rings. The third kappa shape index (κ3) is 2.79. The number of aliphatic hydroxyl groups excluding tert-OH is 2. The Hall–Kier alpha value is -0.370. The Bertz CT molecular complexity index is 329. The fourth-order valence-corrected chi connectivity index (χ4v) is 3.08. The van der Waals surface area contributed by atoms with Crippen molar-refractivity contribution in [1.82, 2.24) is 5.32 Å². The predicted octanol–water partition coefficient (Wildman–Crippen LogP) is 0.120. The van der Waals surface area contributed by atoms with E-state index < -0.39 is 29.9 Å². The largest absolute Gasteiger partial charge is 0.394 e. The number of thioether (sulfide) groups is 1. The number of aliphatic imine (C=N–C) groups is 1. The second-order valence-electron chi connectivity index (χ2n) is 4.99. The molecule has 18 heavy (non-hydrogen) atoms. The molecule has 2 fully saturated rings. The molecule has 0 bridgehead atoms. The van der Waals surface area contributed by atoms with Gasteiger partial charge in [-0.25, -0.2) is 4.39 Å². The lowest BCUT2D eigenvalue weighted by atomic mass is 10.00.